The molecule has 0 saturated heterocycles. The lowest BCUT2D eigenvalue weighted by Crippen LogP contribution is -2.24. The molecule has 0 bridgehead atoms. The van der Waals surface area contributed by atoms with Crippen molar-refractivity contribution in [2.45, 2.75) is 32.1 Å². The number of carbonyl (C=O) groups excluding carboxylic acids is 1. The normalized spacial score (nSPS) is 14.8. The first-order chi connectivity index (χ1) is 40.6. The fourth-order valence-electron chi connectivity index (χ4n) is 5.63. The lowest BCUT2D eigenvalue weighted by molar-refractivity contribution is -0.209. The third-order valence-electron chi connectivity index (χ3n) is 9.58. The molecule has 1 amide bonds. The van der Waals surface area contributed by atoms with E-state index < -0.39 is 26.7 Å². The van der Waals surface area contributed by atoms with E-state index >= 15 is 0 Å². The topological polar surface area (TPSA) is 318 Å². The van der Waals surface area contributed by atoms with Gasteiger partial charge in [0.1, 0.15) is 20.2 Å². The van der Waals surface area contributed by atoms with Crippen LogP contribution in [-0.2, 0) is 160 Å². The zero-order chi connectivity index (χ0) is 61.7. The molecule has 4 unspecified atom stereocenters. The van der Waals surface area contributed by atoms with Crippen LogP contribution in [0.5, 0.6) is 0 Å². The van der Waals surface area contributed by atoms with Crippen molar-refractivity contribution in [1.29, 1.82) is 0 Å². The number of ether oxygens (including phenoxy) is 15. The molecule has 0 aromatic rings. The Hall–Kier alpha value is 1.35. The molecule has 0 heterocycles. The van der Waals surface area contributed by atoms with Gasteiger partial charge in [0.15, 0.2) is 0 Å². The van der Waals surface area contributed by atoms with Gasteiger partial charge in [-0.1, -0.05) is 48.3 Å². The van der Waals surface area contributed by atoms with E-state index in [0.29, 0.717) is 185 Å². The summed E-state index contributed by atoms with van der Waals surface area (Å²) in [6.45, 7) is -1.65. The SMILES string of the molecule is CSCCC(=O)NCCCCCCOP([O-])(=S)OCCOCCOCCOCCOCCOCCOP([O-])(=S)OCCOCCOCCOCCOCCOCCOP([O-])(=S)OCCOCCOCCOCCOCCOCCOP(C)(=O)[S-]. The predicted molar refractivity (Wildman–Crippen MR) is 322 cm³/mol. The van der Waals surface area contributed by atoms with Gasteiger partial charge in [0, 0.05) is 18.7 Å². The molecular formula is C47H95NO27P4S5-4. The molecule has 0 spiro atoms. The Morgan fingerprint density at radius 3 is 0.786 bits per heavy atom. The summed E-state index contributed by atoms with van der Waals surface area (Å²) in [5.41, 5.74) is 0. The number of unbranched alkanes of at least 4 members (excludes halogenated alkanes) is 3. The molecule has 0 aromatic carbocycles. The first-order valence-electron chi connectivity index (χ1n) is 27.7. The maximum absolute atomic E-state index is 12.3. The number of amides is 1. The maximum Gasteiger partial charge on any atom is 0.220 e. The van der Waals surface area contributed by atoms with Crippen molar-refractivity contribution in [2.75, 3.05) is 270 Å². The molecule has 0 aliphatic rings. The van der Waals surface area contributed by atoms with Crippen molar-refractivity contribution in [3.05, 3.63) is 0 Å². The smallest absolute Gasteiger partial charge is 0.220 e. The zero-order valence-corrected chi connectivity index (χ0v) is 56.6. The summed E-state index contributed by atoms with van der Waals surface area (Å²) in [6.07, 6.45) is 5.89. The third kappa shape index (κ3) is 70.8. The number of nitrogens with one attached hydrogen (secondary N) is 1. The number of rotatable bonds is 71. The predicted octanol–water partition coefficient (Wildman–Crippen LogP) is 1.91. The molecule has 84 heavy (non-hydrogen) atoms. The van der Waals surface area contributed by atoms with E-state index in [9.17, 15) is 24.0 Å². The van der Waals surface area contributed by atoms with E-state index in [0.717, 1.165) is 25.0 Å². The van der Waals surface area contributed by atoms with Crippen LogP contribution < -0.4 is 20.0 Å². The van der Waals surface area contributed by atoms with Gasteiger partial charge in [0.25, 0.3) is 0 Å². The number of hydrogen-bond acceptors (Lipinski definition) is 32. The lowest BCUT2D eigenvalue weighted by Gasteiger charge is -2.27. The van der Waals surface area contributed by atoms with Crippen LogP contribution in [0.2, 0.25) is 0 Å². The molecule has 504 valence electrons. The Morgan fingerprint density at radius 2 is 0.560 bits per heavy atom. The van der Waals surface area contributed by atoms with E-state index in [-0.39, 0.29) is 85.2 Å². The summed E-state index contributed by atoms with van der Waals surface area (Å²) in [7, 11) is 0. The highest BCUT2D eigenvalue weighted by atomic mass is 32.7. The van der Waals surface area contributed by atoms with Gasteiger partial charge >= 0.3 is 0 Å². The summed E-state index contributed by atoms with van der Waals surface area (Å²) in [5, 5.41) is 2.90. The van der Waals surface area contributed by atoms with Crippen LogP contribution >= 0.6 is 38.5 Å². The molecule has 28 nitrogen and oxygen atoms in total. The van der Waals surface area contributed by atoms with Crippen LogP contribution in [0, 0.1) is 0 Å². The highest BCUT2D eigenvalue weighted by Gasteiger charge is 2.08. The van der Waals surface area contributed by atoms with E-state index in [1.807, 2.05) is 6.26 Å². The molecule has 0 aliphatic carbocycles. The van der Waals surface area contributed by atoms with Gasteiger partial charge in [-0.05, 0) is 25.8 Å². The Kier molecular flexibility index (Phi) is 64.1. The molecule has 37 heteroatoms. The van der Waals surface area contributed by atoms with Gasteiger partial charge in [-0.15, -0.1) is 0 Å². The van der Waals surface area contributed by atoms with Crippen LogP contribution in [0.3, 0.4) is 0 Å². The van der Waals surface area contributed by atoms with Crippen molar-refractivity contribution in [3.63, 3.8) is 0 Å². The Balaban J connectivity index is 3.38. The number of thioether (sulfide) groups is 1. The number of carbonyl (C=O) groups is 1. The van der Waals surface area contributed by atoms with E-state index in [1.165, 1.54) is 6.66 Å². The molecule has 0 fully saturated rings. The molecule has 1 N–H and O–H groups in total. The standard InChI is InChI=1S/C47H99NO27P4S5/c1-76(50,80)69-40-34-63-28-22-57-16-10-54-11-18-59-24-30-65-36-42-72-78(52,82)73-44-38-67-32-26-61-20-14-56-15-21-62-27-33-68-39-45-75-79(53,83)74-43-37-66-31-25-60-19-13-55-12-17-58-23-29-64-35-41-71-77(51,81)70-9-6-4-3-5-8-48-47(49)7-46-84-2/h3-46H2,1-2H3,(H,48,49)(H,50,80)(H,51,81)(H,52,82)(H,53,83)/p-4. The third-order valence-corrected chi connectivity index (χ3v) is 16.0. The highest BCUT2D eigenvalue weighted by Crippen LogP contribution is 2.40. The van der Waals surface area contributed by atoms with Gasteiger partial charge in [-0.2, -0.15) is 11.8 Å². The average molecular weight is 1390 g/mol. The van der Waals surface area contributed by atoms with Crippen molar-refractivity contribution in [3.8, 4) is 0 Å². The molecular weight excluding hydrogens is 1290 g/mol. The average Bonchev–Trinajstić information content (AvgIpc) is 3.49. The van der Waals surface area contributed by atoms with Crippen LogP contribution in [-0.4, -0.2) is 276 Å². The molecule has 0 aromatic heterocycles. The molecule has 0 rings (SSSR count). The quantitative estimate of drug-likeness (QED) is 0.0516. The van der Waals surface area contributed by atoms with Crippen molar-refractivity contribution >= 4 is 92.1 Å². The van der Waals surface area contributed by atoms with Gasteiger partial charge in [-0.25, -0.2) is 0 Å². The second-order valence-corrected chi connectivity index (χ2v) is 29.7. The van der Waals surface area contributed by atoms with Crippen LogP contribution in [0.4, 0.5) is 0 Å². The summed E-state index contributed by atoms with van der Waals surface area (Å²) in [5.74, 6) is 0.894. The highest BCUT2D eigenvalue weighted by molar-refractivity contribution is 8.34. The van der Waals surface area contributed by atoms with Crippen molar-refractivity contribution in [2.24, 2.45) is 0 Å². The largest absolute Gasteiger partial charge is 0.780 e. The second kappa shape index (κ2) is 63.1. The van der Waals surface area contributed by atoms with E-state index in [2.05, 4.69) is 17.6 Å². The van der Waals surface area contributed by atoms with Crippen LogP contribution in [0.25, 0.3) is 0 Å². The summed E-state index contributed by atoms with van der Waals surface area (Å²) >= 11 is 21.0. The Bertz CT molecular complexity index is 1650. The van der Waals surface area contributed by atoms with Crippen LogP contribution in [0.1, 0.15) is 32.1 Å². The van der Waals surface area contributed by atoms with Gasteiger partial charge < -0.3 is 140 Å². The zero-order valence-electron chi connectivity index (χ0n) is 49.0. The lowest BCUT2D eigenvalue weighted by atomic mass is 10.2. The first-order valence-corrected chi connectivity index (χ1v) is 39.9. The minimum absolute atomic E-state index is 0.000610. The first kappa shape index (κ1) is 85.3. The summed E-state index contributed by atoms with van der Waals surface area (Å²) in [4.78, 5) is 48.4. The van der Waals surface area contributed by atoms with E-state index in [4.69, 9.17) is 138 Å². The summed E-state index contributed by atoms with van der Waals surface area (Å²) in [6, 6.07) is 0. The van der Waals surface area contributed by atoms with Crippen LogP contribution in [0.15, 0.2) is 0 Å². The van der Waals surface area contributed by atoms with E-state index in [1.54, 1.807) is 11.8 Å². The number of hydrogen-bond donors (Lipinski definition) is 1. The Morgan fingerprint density at radius 1 is 0.357 bits per heavy atom. The Labute approximate surface area is 523 Å². The van der Waals surface area contributed by atoms with Crippen molar-refractivity contribution in [1.82, 2.24) is 5.32 Å². The molecule has 4 atom stereocenters. The minimum Gasteiger partial charge on any atom is -0.780 e. The van der Waals surface area contributed by atoms with Gasteiger partial charge in [-0.3, -0.25) is 4.79 Å². The molecule has 0 radical (unpaired) electrons. The monoisotopic (exact) mass is 1390 g/mol. The van der Waals surface area contributed by atoms with Gasteiger partial charge in [0.05, 0.1) is 251 Å². The van der Waals surface area contributed by atoms with Crippen molar-refractivity contribution < 1.29 is 127 Å². The molecule has 0 saturated carbocycles. The summed E-state index contributed by atoms with van der Waals surface area (Å²) < 4.78 is 128. The van der Waals surface area contributed by atoms with Gasteiger partial charge in [0.2, 0.25) is 5.91 Å². The maximum atomic E-state index is 12.3. The fourth-order valence-corrected chi connectivity index (χ4v) is 10.1. The minimum atomic E-state index is -3.69. The fraction of sp³-hybridized carbons (Fsp3) is 0.979. The second-order valence-electron chi connectivity index (χ2n) is 16.6. The molecule has 0 aliphatic heterocycles.